The summed E-state index contributed by atoms with van der Waals surface area (Å²) in [5, 5.41) is 7.07. The molecule has 92 valence electrons. The van der Waals surface area contributed by atoms with Crippen molar-refractivity contribution in [1.82, 2.24) is 16.0 Å². The largest absolute Gasteiger partial charge is 0.353 e. The Balaban J connectivity index is 3.57. The molecule has 0 aromatic carbocycles. The summed E-state index contributed by atoms with van der Waals surface area (Å²) in [4.78, 5) is 32.8. The Kier molecular flexibility index (Phi) is 7.72. The van der Waals surface area contributed by atoms with Gasteiger partial charge in [-0.1, -0.05) is 0 Å². The fourth-order valence-corrected chi connectivity index (χ4v) is 0.766. The summed E-state index contributed by atoms with van der Waals surface area (Å²) >= 11 is 0. The normalized spacial score (nSPS) is 9.38. The van der Waals surface area contributed by atoms with Crippen LogP contribution >= 0.6 is 0 Å². The smallest absolute Gasteiger partial charge is 0.239 e. The topological polar surface area (TPSA) is 139 Å². The highest BCUT2D eigenvalue weighted by Gasteiger charge is 2.05. The van der Waals surface area contributed by atoms with E-state index < -0.39 is 11.8 Å². The molecule has 0 aromatic heterocycles. The minimum atomic E-state index is -0.454. The minimum absolute atomic E-state index is 0.142. The van der Waals surface area contributed by atoms with Crippen LogP contribution < -0.4 is 27.4 Å². The molecule has 0 spiro atoms. The molecule has 0 saturated heterocycles. The average molecular weight is 231 g/mol. The molecule has 0 aromatic rings. The van der Waals surface area contributed by atoms with Gasteiger partial charge in [0.2, 0.25) is 17.7 Å². The van der Waals surface area contributed by atoms with Crippen LogP contribution in [0.3, 0.4) is 0 Å². The molecule has 7 N–H and O–H groups in total. The third-order valence-corrected chi connectivity index (χ3v) is 1.54. The number of nitrogens with two attached hydrogens (primary N) is 2. The van der Waals surface area contributed by atoms with Gasteiger partial charge in [-0.15, -0.1) is 0 Å². The van der Waals surface area contributed by atoms with Crippen LogP contribution in [0, 0.1) is 0 Å². The molecule has 0 fully saturated rings. The SMILES string of the molecule is NCCNC(=O)CNC(=O)CNC(=O)CN. The Morgan fingerprint density at radius 2 is 1.31 bits per heavy atom. The van der Waals surface area contributed by atoms with Crippen LogP contribution in [0.15, 0.2) is 0 Å². The van der Waals surface area contributed by atoms with Gasteiger partial charge >= 0.3 is 0 Å². The second-order valence-electron chi connectivity index (χ2n) is 2.90. The van der Waals surface area contributed by atoms with Crippen molar-refractivity contribution in [2.45, 2.75) is 0 Å². The van der Waals surface area contributed by atoms with Gasteiger partial charge in [0.15, 0.2) is 0 Å². The highest BCUT2D eigenvalue weighted by Crippen LogP contribution is 1.68. The summed E-state index contributed by atoms with van der Waals surface area (Å²) in [6, 6.07) is 0. The Morgan fingerprint density at radius 3 is 1.81 bits per heavy atom. The van der Waals surface area contributed by atoms with Crippen LogP contribution in [-0.4, -0.2) is 50.4 Å². The molecule has 0 aliphatic rings. The zero-order valence-electron chi connectivity index (χ0n) is 8.91. The van der Waals surface area contributed by atoms with Crippen molar-refractivity contribution >= 4 is 17.7 Å². The van der Waals surface area contributed by atoms with E-state index in [1.54, 1.807) is 0 Å². The van der Waals surface area contributed by atoms with Crippen molar-refractivity contribution in [3.05, 3.63) is 0 Å². The second kappa shape index (κ2) is 8.62. The van der Waals surface area contributed by atoms with Gasteiger partial charge in [-0.05, 0) is 0 Å². The lowest BCUT2D eigenvalue weighted by Crippen LogP contribution is -2.43. The van der Waals surface area contributed by atoms with Gasteiger partial charge in [0, 0.05) is 13.1 Å². The summed E-state index contributed by atoms with van der Waals surface area (Å²) < 4.78 is 0. The molecule has 8 heteroatoms. The molecule has 0 aliphatic heterocycles. The fourth-order valence-electron chi connectivity index (χ4n) is 0.766. The lowest BCUT2D eigenvalue weighted by atomic mass is 10.5. The molecular formula is C8H17N5O3. The minimum Gasteiger partial charge on any atom is -0.353 e. The van der Waals surface area contributed by atoms with Crippen LogP contribution in [0.4, 0.5) is 0 Å². The van der Waals surface area contributed by atoms with Gasteiger partial charge in [-0.3, -0.25) is 14.4 Å². The Bertz CT molecular complexity index is 256. The number of amides is 3. The van der Waals surface area contributed by atoms with E-state index in [1.165, 1.54) is 0 Å². The first-order valence-electron chi connectivity index (χ1n) is 4.80. The first-order chi connectivity index (χ1) is 7.60. The van der Waals surface area contributed by atoms with Crippen LogP contribution in [0.2, 0.25) is 0 Å². The first-order valence-corrected chi connectivity index (χ1v) is 4.80. The van der Waals surface area contributed by atoms with Gasteiger partial charge in [-0.2, -0.15) is 0 Å². The number of nitrogens with one attached hydrogen (secondary N) is 3. The van der Waals surface area contributed by atoms with E-state index in [-0.39, 0.29) is 25.5 Å². The highest BCUT2D eigenvalue weighted by atomic mass is 16.2. The first kappa shape index (κ1) is 14.3. The molecule has 16 heavy (non-hydrogen) atoms. The van der Waals surface area contributed by atoms with E-state index in [2.05, 4.69) is 16.0 Å². The fraction of sp³-hybridized carbons (Fsp3) is 0.625. The second-order valence-corrected chi connectivity index (χ2v) is 2.90. The monoisotopic (exact) mass is 231 g/mol. The zero-order valence-corrected chi connectivity index (χ0v) is 8.91. The molecule has 0 heterocycles. The quantitative estimate of drug-likeness (QED) is 0.306. The molecule has 3 amide bonds. The van der Waals surface area contributed by atoms with Gasteiger partial charge in [0.05, 0.1) is 19.6 Å². The molecule has 0 aliphatic carbocycles. The maximum atomic E-state index is 11.1. The summed E-state index contributed by atoms with van der Waals surface area (Å²) in [6.07, 6.45) is 0. The van der Waals surface area contributed by atoms with Crippen LogP contribution in [0.25, 0.3) is 0 Å². The maximum Gasteiger partial charge on any atom is 0.239 e. The van der Waals surface area contributed by atoms with Crippen molar-refractivity contribution in [3.8, 4) is 0 Å². The Labute approximate surface area is 93.1 Å². The highest BCUT2D eigenvalue weighted by molar-refractivity contribution is 5.88. The van der Waals surface area contributed by atoms with Crippen LogP contribution in [0.5, 0.6) is 0 Å². The summed E-state index contributed by atoms with van der Waals surface area (Å²) in [5.41, 5.74) is 10.2. The maximum absolute atomic E-state index is 11.1. The van der Waals surface area contributed by atoms with Crippen molar-refractivity contribution in [1.29, 1.82) is 0 Å². The van der Waals surface area contributed by atoms with Crippen LogP contribution in [-0.2, 0) is 14.4 Å². The summed E-state index contributed by atoms with van der Waals surface area (Å²) in [6.45, 7) is 0.187. The number of hydrogen-bond donors (Lipinski definition) is 5. The van der Waals surface area contributed by atoms with Crippen molar-refractivity contribution in [3.63, 3.8) is 0 Å². The van der Waals surface area contributed by atoms with E-state index in [4.69, 9.17) is 11.5 Å². The number of rotatable bonds is 7. The molecule has 0 unspecified atom stereocenters. The third kappa shape index (κ3) is 7.71. The molecule has 8 nitrogen and oxygen atoms in total. The number of hydrogen-bond acceptors (Lipinski definition) is 5. The zero-order chi connectivity index (χ0) is 12.4. The lowest BCUT2D eigenvalue weighted by molar-refractivity contribution is -0.127. The predicted molar refractivity (Wildman–Crippen MR) is 57.1 cm³/mol. The van der Waals surface area contributed by atoms with Crippen molar-refractivity contribution in [2.24, 2.45) is 11.5 Å². The molecule has 0 atom stereocenters. The standard InChI is InChI=1S/C8H17N5O3/c9-1-2-11-7(15)4-13-8(16)5-12-6(14)3-10/h1-5,9-10H2,(H,11,15)(H,12,14)(H,13,16). The number of carbonyl (C=O) groups excluding carboxylic acids is 3. The van der Waals surface area contributed by atoms with Gasteiger partial charge in [0.25, 0.3) is 0 Å². The molecule has 0 saturated carbocycles. The van der Waals surface area contributed by atoms with Gasteiger partial charge in [-0.25, -0.2) is 0 Å². The molecule has 0 radical (unpaired) electrons. The third-order valence-electron chi connectivity index (χ3n) is 1.54. The van der Waals surface area contributed by atoms with E-state index in [9.17, 15) is 14.4 Å². The van der Waals surface area contributed by atoms with E-state index in [0.717, 1.165) is 0 Å². The van der Waals surface area contributed by atoms with Crippen molar-refractivity contribution < 1.29 is 14.4 Å². The Hall–Kier alpha value is -1.67. The summed E-state index contributed by atoms with van der Waals surface area (Å²) in [7, 11) is 0. The number of carbonyl (C=O) groups is 3. The Morgan fingerprint density at radius 1 is 0.812 bits per heavy atom. The molecule has 0 bridgehead atoms. The van der Waals surface area contributed by atoms with E-state index >= 15 is 0 Å². The molecule has 0 rings (SSSR count). The van der Waals surface area contributed by atoms with E-state index in [0.29, 0.717) is 13.1 Å². The average Bonchev–Trinajstić information content (AvgIpc) is 2.30. The van der Waals surface area contributed by atoms with Gasteiger partial charge in [0.1, 0.15) is 0 Å². The van der Waals surface area contributed by atoms with Crippen LogP contribution in [0.1, 0.15) is 0 Å². The lowest BCUT2D eigenvalue weighted by Gasteiger charge is -2.06. The van der Waals surface area contributed by atoms with Gasteiger partial charge < -0.3 is 27.4 Å². The predicted octanol–water partition coefficient (Wildman–Crippen LogP) is -3.75. The molecular weight excluding hydrogens is 214 g/mol. The van der Waals surface area contributed by atoms with E-state index in [1.807, 2.05) is 0 Å². The summed E-state index contributed by atoms with van der Waals surface area (Å²) in [5.74, 6) is -1.21. The van der Waals surface area contributed by atoms with Crippen molar-refractivity contribution in [2.75, 3.05) is 32.7 Å².